The predicted molar refractivity (Wildman–Crippen MR) is 89.1 cm³/mol. The maximum atomic E-state index is 12.4. The molecule has 5 nitrogen and oxygen atoms in total. The Morgan fingerprint density at radius 1 is 1.45 bits per heavy atom. The molecule has 1 atom stereocenters. The van der Waals surface area contributed by atoms with Gasteiger partial charge in [0.1, 0.15) is 16.3 Å². The number of nitrogens with one attached hydrogen (secondary N) is 1. The van der Waals surface area contributed by atoms with Crippen LogP contribution in [0.3, 0.4) is 0 Å². The first-order valence-electron chi connectivity index (χ1n) is 6.75. The van der Waals surface area contributed by atoms with E-state index in [0.717, 1.165) is 17.5 Å². The molecule has 0 bridgehead atoms. The molecule has 0 aliphatic rings. The molecule has 0 radical (unpaired) electrons. The van der Waals surface area contributed by atoms with Crippen LogP contribution in [0.25, 0.3) is 11.0 Å². The van der Waals surface area contributed by atoms with Gasteiger partial charge in [-0.25, -0.2) is 4.98 Å². The van der Waals surface area contributed by atoms with E-state index in [0.29, 0.717) is 28.2 Å². The molecule has 0 aromatic carbocycles. The van der Waals surface area contributed by atoms with E-state index < -0.39 is 10.8 Å². The number of halogens is 1. The van der Waals surface area contributed by atoms with E-state index in [1.54, 1.807) is 23.6 Å². The molecule has 116 valence electrons. The van der Waals surface area contributed by atoms with Crippen molar-refractivity contribution < 1.29 is 8.95 Å². The van der Waals surface area contributed by atoms with Gasteiger partial charge in [-0.05, 0) is 6.42 Å². The summed E-state index contributed by atoms with van der Waals surface area (Å²) in [5.74, 6) is 0.771. The molecule has 8 heteroatoms. The number of aromatic amines is 1. The highest BCUT2D eigenvalue weighted by atomic mass is 35.5. The fraction of sp³-hybridized carbons (Fsp3) is 0.286. The third-order valence-corrected chi connectivity index (χ3v) is 5.27. The second-order valence-corrected chi connectivity index (χ2v) is 7.11. The molecular weight excluding hydrogens is 342 g/mol. The lowest BCUT2D eigenvalue weighted by molar-refractivity contribution is 0.317. The van der Waals surface area contributed by atoms with E-state index >= 15 is 0 Å². The summed E-state index contributed by atoms with van der Waals surface area (Å²) in [4.78, 5) is 11.6. The Morgan fingerprint density at radius 3 is 3.09 bits per heavy atom. The van der Waals surface area contributed by atoms with Crippen molar-refractivity contribution in [3.63, 3.8) is 0 Å². The average Bonchev–Trinajstić information content (AvgIpc) is 3.09. The van der Waals surface area contributed by atoms with Crippen LogP contribution >= 0.6 is 22.9 Å². The first kappa shape index (κ1) is 15.5. The van der Waals surface area contributed by atoms with Gasteiger partial charge < -0.3 is 9.72 Å². The van der Waals surface area contributed by atoms with Crippen LogP contribution in [0.15, 0.2) is 28.2 Å². The zero-order valence-electron chi connectivity index (χ0n) is 11.8. The summed E-state index contributed by atoms with van der Waals surface area (Å²) in [5, 5.41) is 4.71. The predicted octanol–water partition coefficient (Wildman–Crippen LogP) is 3.77. The van der Waals surface area contributed by atoms with Gasteiger partial charge in [-0.3, -0.25) is 9.19 Å². The lowest BCUT2D eigenvalue weighted by atomic mass is 10.3. The van der Waals surface area contributed by atoms with E-state index in [2.05, 4.69) is 15.0 Å². The Balaban J connectivity index is 1.80. The number of nitrogens with zero attached hydrogens (tertiary/aromatic N) is 2. The largest absolute Gasteiger partial charge is 0.492 e. The molecule has 0 aliphatic heterocycles. The maximum absolute atomic E-state index is 12.4. The highest BCUT2D eigenvalue weighted by molar-refractivity contribution is 7.84. The second kappa shape index (κ2) is 6.76. The van der Waals surface area contributed by atoms with Crippen LogP contribution in [0.4, 0.5) is 0 Å². The van der Waals surface area contributed by atoms with Crippen molar-refractivity contribution in [2.75, 3.05) is 6.61 Å². The molecule has 0 saturated carbocycles. The number of fused-ring (bicyclic) bond motifs is 1. The van der Waals surface area contributed by atoms with Crippen LogP contribution in [-0.4, -0.2) is 25.8 Å². The van der Waals surface area contributed by atoms with E-state index in [9.17, 15) is 4.21 Å². The Hall–Kier alpha value is -1.44. The first-order chi connectivity index (χ1) is 10.7. The normalized spacial score (nSPS) is 12.6. The van der Waals surface area contributed by atoms with Gasteiger partial charge in [-0.15, -0.1) is 11.3 Å². The number of hydrogen-bond donors (Lipinski definition) is 1. The number of rotatable bonds is 6. The van der Waals surface area contributed by atoms with Gasteiger partial charge in [-0.2, -0.15) is 0 Å². The topological polar surface area (TPSA) is 67.9 Å². The van der Waals surface area contributed by atoms with Crippen LogP contribution in [-0.2, 0) is 16.6 Å². The summed E-state index contributed by atoms with van der Waals surface area (Å²) in [7, 11) is -1.33. The van der Waals surface area contributed by atoms with Crippen molar-refractivity contribution in [2.45, 2.75) is 24.3 Å². The van der Waals surface area contributed by atoms with Crippen LogP contribution in [0, 0.1) is 0 Å². The minimum Gasteiger partial charge on any atom is -0.492 e. The highest BCUT2D eigenvalue weighted by Crippen LogP contribution is 2.28. The van der Waals surface area contributed by atoms with Crippen LogP contribution < -0.4 is 4.74 Å². The zero-order chi connectivity index (χ0) is 15.5. The summed E-state index contributed by atoms with van der Waals surface area (Å²) in [6.07, 6.45) is 2.51. The highest BCUT2D eigenvalue weighted by Gasteiger charge is 2.16. The van der Waals surface area contributed by atoms with Gasteiger partial charge in [0.25, 0.3) is 0 Å². The summed E-state index contributed by atoms with van der Waals surface area (Å²) >= 11 is 7.84. The average molecular weight is 356 g/mol. The molecule has 3 aromatic heterocycles. The number of pyridine rings is 1. The number of aromatic nitrogens is 3. The summed E-state index contributed by atoms with van der Waals surface area (Å²) in [6, 6.07) is 1.72. The van der Waals surface area contributed by atoms with Gasteiger partial charge in [0.2, 0.25) is 0 Å². The SMILES string of the molecule is CCCOc1ccnc(CS(=O)c2nc3cscc3[nH]2)c1Cl. The Morgan fingerprint density at radius 2 is 2.32 bits per heavy atom. The molecule has 0 fully saturated rings. The molecule has 0 spiro atoms. The number of hydrogen-bond acceptors (Lipinski definition) is 5. The second-order valence-electron chi connectivity index (χ2n) is 4.62. The minimum atomic E-state index is -1.33. The quantitative estimate of drug-likeness (QED) is 0.730. The van der Waals surface area contributed by atoms with E-state index in [-0.39, 0.29) is 5.75 Å². The van der Waals surface area contributed by atoms with Crippen molar-refractivity contribution >= 4 is 44.8 Å². The molecule has 3 rings (SSSR count). The first-order valence-corrected chi connectivity index (χ1v) is 9.39. The fourth-order valence-electron chi connectivity index (χ4n) is 1.91. The van der Waals surface area contributed by atoms with Crippen molar-refractivity contribution in [3.05, 3.63) is 33.7 Å². The van der Waals surface area contributed by atoms with Crippen LogP contribution in [0.5, 0.6) is 5.75 Å². The monoisotopic (exact) mass is 355 g/mol. The lowest BCUT2D eigenvalue weighted by Gasteiger charge is -2.09. The molecule has 1 N–H and O–H groups in total. The summed E-state index contributed by atoms with van der Waals surface area (Å²) in [5.41, 5.74) is 2.27. The summed E-state index contributed by atoms with van der Waals surface area (Å²) < 4.78 is 18.0. The van der Waals surface area contributed by atoms with Crippen LogP contribution in [0.2, 0.25) is 5.02 Å². The summed E-state index contributed by atoms with van der Waals surface area (Å²) in [6.45, 7) is 2.61. The van der Waals surface area contributed by atoms with E-state index in [1.807, 2.05) is 17.7 Å². The maximum Gasteiger partial charge on any atom is 0.197 e. The molecule has 0 aliphatic carbocycles. The Kier molecular flexibility index (Phi) is 4.75. The standard InChI is InChI=1S/C14H14ClN3O2S2/c1-2-5-20-12-3-4-16-11(13(12)15)8-22(19)14-17-9-6-21-7-10(9)18-14/h3-4,6-7H,2,5,8H2,1H3,(H,17,18). The fourth-order valence-corrected chi connectivity index (χ4v) is 3.95. The lowest BCUT2D eigenvalue weighted by Crippen LogP contribution is -2.03. The third kappa shape index (κ3) is 3.16. The van der Waals surface area contributed by atoms with E-state index in [4.69, 9.17) is 16.3 Å². The third-order valence-electron chi connectivity index (χ3n) is 2.98. The van der Waals surface area contributed by atoms with E-state index in [1.165, 1.54) is 0 Å². The minimum absolute atomic E-state index is 0.196. The number of thiophene rings is 1. The smallest absolute Gasteiger partial charge is 0.197 e. The Labute approximate surface area is 139 Å². The number of imidazole rings is 1. The van der Waals surface area contributed by atoms with Crippen LogP contribution in [0.1, 0.15) is 19.0 Å². The molecule has 3 heterocycles. The van der Waals surface area contributed by atoms with Gasteiger partial charge >= 0.3 is 0 Å². The van der Waals surface area contributed by atoms with Crippen molar-refractivity contribution in [2.24, 2.45) is 0 Å². The molecule has 0 saturated heterocycles. The van der Waals surface area contributed by atoms with Gasteiger partial charge in [0, 0.05) is 23.0 Å². The van der Waals surface area contributed by atoms with Crippen molar-refractivity contribution in [1.82, 2.24) is 15.0 Å². The molecular formula is C14H14ClN3O2S2. The number of H-pyrrole nitrogens is 1. The van der Waals surface area contributed by atoms with Crippen molar-refractivity contribution in [1.29, 1.82) is 0 Å². The molecule has 1 unspecified atom stereocenters. The zero-order valence-corrected chi connectivity index (χ0v) is 14.2. The van der Waals surface area contributed by atoms with Gasteiger partial charge in [-0.1, -0.05) is 18.5 Å². The van der Waals surface area contributed by atoms with Gasteiger partial charge in [0.15, 0.2) is 5.16 Å². The van der Waals surface area contributed by atoms with Crippen molar-refractivity contribution in [3.8, 4) is 5.75 Å². The Bertz CT molecular complexity index is 787. The molecule has 3 aromatic rings. The molecule has 0 amide bonds. The number of ether oxygens (including phenoxy) is 1. The van der Waals surface area contributed by atoms with Gasteiger partial charge in [0.05, 0.1) is 34.4 Å². The molecule has 22 heavy (non-hydrogen) atoms.